The van der Waals surface area contributed by atoms with E-state index in [9.17, 15) is 5.26 Å². The van der Waals surface area contributed by atoms with Crippen LogP contribution in [0.25, 0.3) is 0 Å². The Kier molecular flexibility index (Phi) is 6.72. The molecule has 2 N–H and O–H groups in total. The Hall–Kier alpha value is -1.77. The third-order valence-corrected chi connectivity index (χ3v) is 2.82. The number of hydrogen-bond acceptors (Lipinski definition) is 5. The molecule has 1 aromatic rings. The number of hydrogen-bond donors (Lipinski definition) is 1. The van der Waals surface area contributed by atoms with Gasteiger partial charge in [0.1, 0.15) is 6.07 Å². The molecule has 0 radical (unpaired) electrons. The van der Waals surface area contributed by atoms with Gasteiger partial charge in [-0.05, 0) is 24.6 Å². The van der Waals surface area contributed by atoms with E-state index in [1.807, 2.05) is 12.1 Å². The molecule has 0 saturated carbocycles. The molecule has 5 nitrogen and oxygen atoms in total. The molecule has 0 saturated heterocycles. The van der Waals surface area contributed by atoms with Crippen molar-refractivity contribution < 1.29 is 9.47 Å². The van der Waals surface area contributed by atoms with Gasteiger partial charge in [-0.15, -0.1) is 0 Å². The highest BCUT2D eigenvalue weighted by Crippen LogP contribution is 2.22. The highest BCUT2D eigenvalue weighted by atomic mass is 16.5. The van der Waals surface area contributed by atoms with E-state index in [4.69, 9.17) is 15.2 Å². The van der Waals surface area contributed by atoms with Crippen molar-refractivity contribution >= 4 is 11.4 Å². The second-order valence-electron chi connectivity index (χ2n) is 4.21. The Morgan fingerprint density at radius 2 is 1.95 bits per heavy atom. The predicted molar refractivity (Wildman–Crippen MR) is 76.2 cm³/mol. The summed E-state index contributed by atoms with van der Waals surface area (Å²) >= 11 is 0. The fraction of sp³-hybridized carbons (Fsp3) is 0.500. The summed E-state index contributed by atoms with van der Waals surface area (Å²) in [7, 11) is 3.35. The van der Waals surface area contributed by atoms with Crippen molar-refractivity contribution in [2.45, 2.75) is 6.42 Å². The highest BCUT2D eigenvalue weighted by molar-refractivity contribution is 5.64. The van der Waals surface area contributed by atoms with E-state index in [0.717, 1.165) is 25.2 Å². The molecule has 0 aliphatic carbocycles. The van der Waals surface area contributed by atoms with E-state index in [0.29, 0.717) is 24.5 Å². The SMILES string of the molecule is COCCCN(CCOC)c1ccc(N)cc1C#N. The van der Waals surface area contributed by atoms with Gasteiger partial charge in [-0.3, -0.25) is 0 Å². The predicted octanol–water partition coefficient (Wildman–Crippen LogP) is 1.63. The van der Waals surface area contributed by atoms with Crippen molar-refractivity contribution in [2.24, 2.45) is 0 Å². The van der Waals surface area contributed by atoms with Crippen molar-refractivity contribution in [1.82, 2.24) is 0 Å². The topological polar surface area (TPSA) is 71.5 Å². The molecular formula is C14H21N3O2. The number of nitriles is 1. The van der Waals surface area contributed by atoms with E-state index in [1.54, 1.807) is 20.3 Å². The van der Waals surface area contributed by atoms with Gasteiger partial charge in [0.25, 0.3) is 0 Å². The van der Waals surface area contributed by atoms with Gasteiger partial charge in [-0.2, -0.15) is 5.26 Å². The molecule has 0 unspecified atom stereocenters. The van der Waals surface area contributed by atoms with Crippen LogP contribution in [0.15, 0.2) is 18.2 Å². The molecule has 0 aromatic heterocycles. The molecule has 0 fully saturated rings. The second-order valence-corrected chi connectivity index (χ2v) is 4.21. The smallest absolute Gasteiger partial charge is 0.101 e. The number of nitrogens with two attached hydrogens (primary N) is 1. The maximum atomic E-state index is 9.20. The van der Waals surface area contributed by atoms with Crippen LogP contribution in [0.3, 0.4) is 0 Å². The third-order valence-electron chi connectivity index (χ3n) is 2.82. The van der Waals surface area contributed by atoms with Gasteiger partial charge in [0.2, 0.25) is 0 Å². The van der Waals surface area contributed by atoms with Crippen LogP contribution in [0.1, 0.15) is 12.0 Å². The Bertz CT molecular complexity index is 429. The Balaban J connectivity index is 2.86. The number of ether oxygens (including phenoxy) is 2. The lowest BCUT2D eigenvalue weighted by Crippen LogP contribution is -2.29. The minimum Gasteiger partial charge on any atom is -0.399 e. The van der Waals surface area contributed by atoms with Gasteiger partial charge in [-0.25, -0.2) is 0 Å². The first-order valence-corrected chi connectivity index (χ1v) is 6.25. The minimum atomic E-state index is 0.591. The summed E-state index contributed by atoms with van der Waals surface area (Å²) in [6.07, 6.45) is 0.898. The van der Waals surface area contributed by atoms with Crippen LogP contribution in [-0.2, 0) is 9.47 Å². The average Bonchev–Trinajstić information content (AvgIpc) is 2.43. The van der Waals surface area contributed by atoms with Crippen LogP contribution in [0.2, 0.25) is 0 Å². The van der Waals surface area contributed by atoms with Gasteiger partial charge >= 0.3 is 0 Å². The Morgan fingerprint density at radius 3 is 2.58 bits per heavy atom. The van der Waals surface area contributed by atoms with Crippen molar-refractivity contribution in [2.75, 3.05) is 51.2 Å². The van der Waals surface area contributed by atoms with Crippen LogP contribution < -0.4 is 10.6 Å². The first kappa shape index (κ1) is 15.3. The van der Waals surface area contributed by atoms with Crippen LogP contribution in [0.4, 0.5) is 11.4 Å². The summed E-state index contributed by atoms with van der Waals surface area (Å²) in [5.41, 5.74) is 7.80. The highest BCUT2D eigenvalue weighted by Gasteiger charge is 2.11. The summed E-state index contributed by atoms with van der Waals surface area (Å²) in [6.45, 7) is 2.86. The van der Waals surface area contributed by atoms with Crippen molar-refractivity contribution in [3.63, 3.8) is 0 Å². The molecule has 0 aliphatic rings. The summed E-state index contributed by atoms with van der Waals surface area (Å²) in [4.78, 5) is 2.13. The number of benzene rings is 1. The molecule has 1 aromatic carbocycles. The van der Waals surface area contributed by atoms with Crippen LogP contribution in [0, 0.1) is 11.3 Å². The van der Waals surface area contributed by atoms with Crippen LogP contribution in [-0.4, -0.2) is 40.5 Å². The maximum Gasteiger partial charge on any atom is 0.101 e. The zero-order chi connectivity index (χ0) is 14.1. The zero-order valence-corrected chi connectivity index (χ0v) is 11.6. The minimum absolute atomic E-state index is 0.591. The summed E-state index contributed by atoms with van der Waals surface area (Å²) in [5, 5.41) is 9.20. The Morgan fingerprint density at radius 1 is 1.21 bits per heavy atom. The fourth-order valence-corrected chi connectivity index (χ4v) is 1.87. The molecule has 0 heterocycles. The van der Waals surface area contributed by atoms with Crippen molar-refractivity contribution in [1.29, 1.82) is 5.26 Å². The quantitative estimate of drug-likeness (QED) is 0.570. The van der Waals surface area contributed by atoms with Gasteiger partial charge in [0.15, 0.2) is 0 Å². The molecule has 104 valence electrons. The van der Waals surface area contributed by atoms with E-state index < -0.39 is 0 Å². The molecule has 0 aliphatic heterocycles. The van der Waals surface area contributed by atoms with E-state index in [1.165, 1.54) is 0 Å². The van der Waals surface area contributed by atoms with E-state index in [2.05, 4.69) is 11.0 Å². The van der Waals surface area contributed by atoms with Gasteiger partial charge in [0.05, 0.1) is 17.9 Å². The number of nitrogens with zero attached hydrogens (tertiary/aromatic N) is 2. The molecule has 0 atom stereocenters. The fourth-order valence-electron chi connectivity index (χ4n) is 1.87. The van der Waals surface area contributed by atoms with Crippen molar-refractivity contribution in [3.8, 4) is 6.07 Å². The Labute approximate surface area is 114 Å². The van der Waals surface area contributed by atoms with Crippen molar-refractivity contribution in [3.05, 3.63) is 23.8 Å². The molecular weight excluding hydrogens is 242 g/mol. The largest absolute Gasteiger partial charge is 0.399 e. The lowest BCUT2D eigenvalue weighted by atomic mass is 10.1. The lowest BCUT2D eigenvalue weighted by molar-refractivity contribution is 0.191. The van der Waals surface area contributed by atoms with Gasteiger partial charge in [0, 0.05) is 39.6 Å². The number of rotatable bonds is 8. The molecule has 1 rings (SSSR count). The lowest BCUT2D eigenvalue weighted by Gasteiger charge is -2.25. The maximum absolute atomic E-state index is 9.20. The molecule has 0 amide bonds. The number of methoxy groups -OCH3 is 2. The standard InChI is InChI=1S/C14H21N3O2/c1-18-8-3-6-17(7-9-19-2)14-5-4-13(16)10-12(14)11-15/h4-5,10H,3,6-9,16H2,1-2H3. The average molecular weight is 263 g/mol. The van der Waals surface area contributed by atoms with E-state index >= 15 is 0 Å². The first-order chi connectivity index (χ1) is 9.22. The first-order valence-electron chi connectivity index (χ1n) is 6.25. The molecule has 5 heteroatoms. The van der Waals surface area contributed by atoms with Crippen LogP contribution in [0.5, 0.6) is 0 Å². The van der Waals surface area contributed by atoms with Gasteiger partial charge in [-0.1, -0.05) is 0 Å². The number of anilines is 2. The van der Waals surface area contributed by atoms with E-state index in [-0.39, 0.29) is 0 Å². The number of nitrogen functional groups attached to an aromatic ring is 1. The second kappa shape index (κ2) is 8.35. The van der Waals surface area contributed by atoms with Gasteiger partial charge < -0.3 is 20.1 Å². The zero-order valence-electron chi connectivity index (χ0n) is 11.6. The summed E-state index contributed by atoms with van der Waals surface area (Å²) in [5.74, 6) is 0. The normalized spacial score (nSPS) is 10.2. The molecule has 0 spiro atoms. The summed E-state index contributed by atoms with van der Waals surface area (Å²) in [6, 6.07) is 7.59. The monoisotopic (exact) mass is 263 g/mol. The summed E-state index contributed by atoms with van der Waals surface area (Å²) < 4.78 is 10.2. The molecule has 0 bridgehead atoms. The molecule has 19 heavy (non-hydrogen) atoms. The third kappa shape index (κ3) is 4.78. The van der Waals surface area contributed by atoms with Crippen LogP contribution >= 0.6 is 0 Å².